The van der Waals surface area contributed by atoms with Crippen LogP contribution >= 0.6 is 22.9 Å². The van der Waals surface area contributed by atoms with Crippen molar-refractivity contribution in [3.8, 4) is 0 Å². The molecule has 0 unspecified atom stereocenters. The van der Waals surface area contributed by atoms with Crippen LogP contribution in [0.4, 0.5) is 0 Å². The zero-order chi connectivity index (χ0) is 10.4. The number of aliphatic carboxylic acids is 1. The number of carboxylic acids is 1. The minimum atomic E-state index is -1.25. The van der Waals surface area contributed by atoms with Gasteiger partial charge in [0.1, 0.15) is 0 Å². The Balaban J connectivity index is 4.54. The summed E-state index contributed by atoms with van der Waals surface area (Å²) in [5, 5.41) is 8.56. The van der Waals surface area contributed by atoms with E-state index in [1.807, 2.05) is 0 Å². The van der Waals surface area contributed by atoms with Crippen molar-refractivity contribution in [1.82, 2.24) is 3.53 Å². The third-order valence-electron chi connectivity index (χ3n) is 1.11. The average Bonchev–Trinajstić information content (AvgIpc) is 2.02. The van der Waals surface area contributed by atoms with E-state index in [1.165, 1.54) is 6.92 Å². The molecule has 0 aromatic rings. The van der Waals surface area contributed by atoms with Gasteiger partial charge in [-0.3, -0.25) is 13.1 Å². The maximum Gasteiger partial charge on any atom is 0.332 e. The molecule has 72 valence electrons. The van der Waals surface area contributed by atoms with Crippen molar-refractivity contribution in [3.05, 3.63) is 11.6 Å². The van der Waals surface area contributed by atoms with Crippen molar-refractivity contribution in [2.24, 2.45) is 0 Å². The molecule has 0 fully saturated rings. The Morgan fingerprint density at radius 3 is 2.31 bits per heavy atom. The second-order valence-electron chi connectivity index (χ2n) is 2.28. The number of hydrogen-bond donors (Lipinski definition) is 2. The molecule has 2 N–H and O–H groups in total. The van der Waals surface area contributed by atoms with Crippen LogP contribution in [-0.2, 0) is 14.4 Å². The number of amides is 1. The topological polar surface area (TPSA) is 83.5 Å². The van der Waals surface area contributed by atoms with Crippen LogP contribution in [0.2, 0.25) is 0 Å². The van der Waals surface area contributed by atoms with Gasteiger partial charge in [-0.1, -0.05) is 0 Å². The summed E-state index contributed by atoms with van der Waals surface area (Å²) in [6.45, 7) is 1.23. The van der Waals surface area contributed by atoms with E-state index in [0.717, 1.165) is 6.08 Å². The van der Waals surface area contributed by atoms with Gasteiger partial charge in [-0.2, -0.15) is 0 Å². The number of allylic oxidation sites excluding steroid dienone is 1. The molecule has 0 atom stereocenters. The Hall–Kier alpha value is -0.920. The molecule has 0 radical (unpaired) electrons. The van der Waals surface area contributed by atoms with Gasteiger partial charge < -0.3 is 5.11 Å². The highest BCUT2D eigenvalue weighted by Gasteiger charge is 2.12. The van der Waals surface area contributed by atoms with E-state index in [2.05, 4.69) is 3.53 Å². The molecule has 0 spiro atoms. The number of carbonyl (C=O) groups excluding carboxylic acids is 2. The van der Waals surface area contributed by atoms with E-state index in [4.69, 9.17) is 5.11 Å². The molecule has 6 heteroatoms. The van der Waals surface area contributed by atoms with Crippen molar-refractivity contribution in [3.63, 3.8) is 0 Å². The van der Waals surface area contributed by atoms with Gasteiger partial charge in [0.15, 0.2) is 5.78 Å². The van der Waals surface area contributed by atoms with E-state index in [9.17, 15) is 14.4 Å². The molecule has 0 aromatic carbocycles. The lowest BCUT2D eigenvalue weighted by Gasteiger charge is -1.98. The van der Waals surface area contributed by atoms with E-state index in [0.29, 0.717) is 0 Å². The Morgan fingerprint density at radius 1 is 1.46 bits per heavy atom. The molecule has 0 saturated heterocycles. The highest BCUT2D eigenvalue weighted by Crippen LogP contribution is 2.02. The predicted octanol–water partition coefficient (Wildman–Crippen LogP) is 0.443. The van der Waals surface area contributed by atoms with Crippen LogP contribution in [0.5, 0.6) is 0 Å². The van der Waals surface area contributed by atoms with Crippen molar-refractivity contribution >= 4 is 40.5 Å². The van der Waals surface area contributed by atoms with Gasteiger partial charge in [0.25, 0.3) is 0 Å². The maximum absolute atomic E-state index is 10.8. The summed E-state index contributed by atoms with van der Waals surface area (Å²) >= 11 is 1.60. The standard InChI is InChI=1S/C7H8INO4/c1-4(10)2-5(7(12)13)3-6(11)9-8/h2H,3H2,1H3,(H,9,11)(H,12,13)/b5-2-. The SMILES string of the molecule is CC(=O)/C=C(/CC(=O)NI)C(=O)O. The van der Waals surface area contributed by atoms with E-state index < -0.39 is 17.7 Å². The first-order valence-corrected chi connectivity index (χ1v) is 4.39. The second-order valence-corrected chi connectivity index (χ2v) is 2.82. The molecule has 0 aliphatic carbocycles. The lowest BCUT2D eigenvalue weighted by Crippen LogP contribution is -2.16. The molecule has 13 heavy (non-hydrogen) atoms. The lowest BCUT2D eigenvalue weighted by molar-refractivity contribution is -0.134. The fourth-order valence-electron chi connectivity index (χ4n) is 0.640. The van der Waals surface area contributed by atoms with Crippen LogP contribution < -0.4 is 3.53 Å². The monoisotopic (exact) mass is 297 g/mol. The summed E-state index contributed by atoms with van der Waals surface area (Å²) in [4.78, 5) is 31.8. The van der Waals surface area contributed by atoms with Crippen molar-refractivity contribution in [2.75, 3.05) is 0 Å². The summed E-state index contributed by atoms with van der Waals surface area (Å²) in [5.74, 6) is -2.09. The first-order chi connectivity index (χ1) is 5.97. The van der Waals surface area contributed by atoms with Gasteiger partial charge in [0.2, 0.25) is 5.91 Å². The number of carbonyl (C=O) groups is 3. The summed E-state index contributed by atoms with van der Waals surface area (Å²) in [6.07, 6.45) is 0.645. The highest BCUT2D eigenvalue weighted by atomic mass is 127. The van der Waals surface area contributed by atoms with Crippen LogP contribution in [0, 0.1) is 0 Å². The summed E-state index contributed by atoms with van der Waals surface area (Å²) in [5.41, 5.74) is -0.207. The van der Waals surface area contributed by atoms with Crippen LogP contribution in [0.15, 0.2) is 11.6 Å². The fourth-order valence-corrected chi connectivity index (χ4v) is 0.831. The van der Waals surface area contributed by atoms with Crippen LogP contribution in [0.3, 0.4) is 0 Å². The lowest BCUT2D eigenvalue weighted by atomic mass is 10.1. The molecule has 0 heterocycles. The normalized spacial score (nSPS) is 10.8. The average molecular weight is 297 g/mol. The van der Waals surface area contributed by atoms with Gasteiger partial charge in [0.05, 0.1) is 29.3 Å². The largest absolute Gasteiger partial charge is 0.478 e. The second kappa shape index (κ2) is 5.68. The minimum absolute atomic E-state index is 0.207. The number of ketones is 1. The third-order valence-corrected chi connectivity index (χ3v) is 1.71. The molecule has 0 saturated carbocycles. The molecule has 5 nitrogen and oxygen atoms in total. The van der Waals surface area contributed by atoms with Crippen molar-refractivity contribution in [1.29, 1.82) is 0 Å². The van der Waals surface area contributed by atoms with Gasteiger partial charge in [-0.15, -0.1) is 0 Å². The Kier molecular flexibility index (Phi) is 5.28. The summed E-state index contributed by atoms with van der Waals surface area (Å²) in [7, 11) is 0. The molecular weight excluding hydrogens is 289 g/mol. The number of hydrogen-bond acceptors (Lipinski definition) is 3. The molecule has 1 amide bonds. The number of nitrogens with one attached hydrogen (secondary N) is 1. The Morgan fingerprint density at radius 2 is 2.00 bits per heavy atom. The van der Waals surface area contributed by atoms with Crippen molar-refractivity contribution < 1.29 is 19.5 Å². The molecule has 0 bridgehead atoms. The predicted molar refractivity (Wildman–Crippen MR) is 53.2 cm³/mol. The van der Waals surface area contributed by atoms with Crippen molar-refractivity contribution in [2.45, 2.75) is 13.3 Å². The highest BCUT2D eigenvalue weighted by molar-refractivity contribution is 14.1. The zero-order valence-electron chi connectivity index (χ0n) is 6.83. The number of carboxylic acid groups (broad SMARTS) is 1. The van der Waals surface area contributed by atoms with Gasteiger partial charge in [-0.05, 0) is 13.0 Å². The summed E-state index contributed by atoms with van der Waals surface area (Å²) in [6, 6.07) is 0. The first kappa shape index (κ1) is 12.1. The van der Waals surface area contributed by atoms with Crippen LogP contribution in [-0.4, -0.2) is 22.8 Å². The van der Waals surface area contributed by atoms with Crippen LogP contribution in [0.1, 0.15) is 13.3 Å². The van der Waals surface area contributed by atoms with E-state index in [-0.39, 0.29) is 12.0 Å². The van der Waals surface area contributed by atoms with Gasteiger partial charge in [0, 0.05) is 5.57 Å². The molecule has 0 aliphatic heterocycles. The zero-order valence-corrected chi connectivity index (χ0v) is 8.99. The number of halogens is 1. The smallest absolute Gasteiger partial charge is 0.332 e. The van der Waals surface area contributed by atoms with E-state index >= 15 is 0 Å². The van der Waals surface area contributed by atoms with Gasteiger partial charge >= 0.3 is 5.97 Å². The summed E-state index contributed by atoms with van der Waals surface area (Å²) < 4.78 is 2.24. The Bertz CT molecular complexity index is 272. The minimum Gasteiger partial charge on any atom is -0.478 e. The fraction of sp³-hybridized carbons (Fsp3) is 0.286. The molecule has 0 aliphatic rings. The quantitative estimate of drug-likeness (QED) is 0.448. The van der Waals surface area contributed by atoms with Gasteiger partial charge in [-0.25, -0.2) is 4.79 Å². The number of rotatable bonds is 4. The first-order valence-electron chi connectivity index (χ1n) is 3.31. The van der Waals surface area contributed by atoms with Crippen LogP contribution in [0.25, 0.3) is 0 Å². The molecule has 0 aromatic heterocycles. The maximum atomic E-state index is 10.8. The Labute approximate surface area is 88.7 Å². The molecule has 0 rings (SSSR count). The molecular formula is C7H8INO4. The van der Waals surface area contributed by atoms with E-state index in [1.54, 1.807) is 22.9 Å². The third kappa shape index (κ3) is 5.34.